The van der Waals surface area contributed by atoms with E-state index in [1.165, 1.54) is 44.9 Å². The van der Waals surface area contributed by atoms with Crippen LogP contribution in [-0.4, -0.2) is 38.4 Å². The van der Waals surface area contributed by atoms with Crippen molar-refractivity contribution in [3.05, 3.63) is 109 Å². The summed E-state index contributed by atoms with van der Waals surface area (Å²) in [4.78, 5) is 35.7. The van der Waals surface area contributed by atoms with E-state index in [1.807, 2.05) is 36.4 Å². The molecule has 0 bridgehead atoms. The topological polar surface area (TPSA) is 201 Å². The number of nitrogens with zero attached hydrogens (tertiary/aromatic N) is 2. The molecule has 1 aliphatic carbocycles. The van der Waals surface area contributed by atoms with Gasteiger partial charge in [-0.3, -0.25) is 24.8 Å². The molecule has 1 unspecified atom stereocenters. The molecule has 5 rings (SSSR count). The molecule has 0 aliphatic heterocycles. The Balaban J connectivity index is 0.000000617. The van der Waals surface area contributed by atoms with Gasteiger partial charge in [0.25, 0.3) is 16.3 Å². The van der Waals surface area contributed by atoms with Crippen LogP contribution < -0.4 is 0 Å². The second kappa shape index (κ2) is 10.3. The highest BCUT2D eigenvalue weighted by Crippen LogP contribution is 2.53. The number of carboxylic acids is 1. The summed E-state index contributed by atoms with van der Waals surface area (Å²) in [6, 6.07) is 18.4. The number of benzene rings is 3. The number of rotatable bonds is 5. The van der Waals surface area contributed by atoms with Gasteiger partial charge >= 0.3 is 16.3 Å². The number of nitro benzene ring substituents is 2. The van der Waals surface area contributed by atoms with Crippen LogP contribution in [0.3, 0.4) is 0 Å². The summed E-state index contributed by atoms with van der Waals surface area (Å²) >= 11 is 0. The van der Waals surface area contributed by atoms with Crippen LogP contribution >= 0.6 is 20.7 Å². The third kappa shape index (κ3) is 5.56. The van der Waals surface area contributed by atoms with E-state index in [0.717, 1.165) is 21.4 Å². The van der Waals surface area contributed by atoms with Crippen molar-refractivity contribution in [2.45, 2.75) is 5.92 Å². The van der Waals surface area contributed by atoms with Gasteiger partial charge in [-0.25, -0.2) is 13.2 Å². The van der Waals surface area contributed by atoms with E-state index < -0.39 is 32.1 Å². The largest absolute Gasteiger partial charge is 0.726 e. The predicted octanol–water partition coefficient (Wildman–Crippen LogP) is 5.44. The first kappa shape index (κ1) is 26.9. The summed E-state index contributed by atoms with van der Waals surface area (Å²) in [5, 5.41) is 32.8. The van der Waals surface area contributed by atoms with Crippen LogP contribution in [0.4, 0.5) is 11.4 Å². The van der Waals surface area contributed by atoms with Crippen molar-refractivity contribution in [3.63, 3.8) is 0 Å². The lowest BCUT2D eigenvalue weighted by molar-refractivity contribution is -0.385. The zero-order chi connectivity index (χ0) is 27.8. The smallest absolute Gasteiger partial charge is 0.336 e. The Hall–Kier alpha value is -4.15. The predicted molar refractivity (Wildman–Crippen MR) is 137 cm³/mol. The number of nitro groups is 2. The summed E-state index contributed by atoms with van der Waals surface area (Å²) in [6.07, 6.45) is 0. The van der Waals surface area contributed by atoms with E-state index in [9.17, 15) is 30.1 Å². The normalized spacial score (nSPS) is 13.6. The highest BCUT2D eigenvalue weighted by Gasteiger charge is 2.39. The molecule has 1 heterocycles. The highest BCUT2D eigenvalue weighted by atomic mass is 32.9. The molecule has 1 aromatic heterocycles. The van der Waals surface area contributed by atoms with Gasteiger partial charge in [-0.2, -0.15) is 0 Å². The third-order valence-corrected chi connectivity index (χ3v) is 8.10. The van der Waals surface area contributed by atoms with Gasteiger partial charge in [0, 0.05) is 41.5 Å². The minimum Gasteiger partial charge on any atom is -0.726 e. The molecular formula is C23H14N2O10S3. The molecule has 0 saturated heterocycles. The van der Waals surface area contributed by atoms with Crippen molar-refractivity contribution >= 4 is 48.4 Å². The lowest BCUT2D eigenvalue weighted by atomic mass is 9.93. The van der Waals surface area contributed by atoms with Gasteiger partial charge < -0.3 is 9.66 Å². The molecule has 15 heteroatoms. The zero-order valence-corrected chi connectivity index (χ0v) is 21.2. The molecule has 0 saturated carbocycles. The Morgan fingerprint density at radius 3 is 2.11 bits per heavy atom. The number of carbonyl (C=O) groups is 1. The van der Waals surface area contributed by atoms with Crippen molar-refractivity contribution in [2.75, 3.05) is 0 Å². The molecule has 4 aromatic rings. The van der Waals surface area contributed by atoms with Gasteiger partial charge in [0.15, 0.2) is 10.3 Å². The lowest BCUT2D eigenvalue weighted by Crippen LogP contribution is -2.04. The van der Waals surface area contributed by atoms with Crippen LogP contribution in [0, 0.1) is 20.2 Å². The molecule has 0 spiro atoms. The molecule has 12 nitrogen and oxygen atoms in total. The fraction of sp³-hybridized carbons (Fsp3) is 0.0435. The minimum absolute atomic E-state index is 0.124. The number of non-ortho nitro benzene ring substituents is 2. The molecule has 2 N–H and O–H groups in total. The SMILES string of the molecule is O=C(O)c1cc([N+](=O)[O-])cc2c1-c1ccc([N+](=O)[O-])cc1C2c1cc(-c2ccccc2)[s+]s1.O=S(=O)([O-])O. The van der Waals surface area contributed by atoms with Gasteiger partial charge in [0.1, 0.15) is 0 Å². The summed E-state index contributed by atoms with van der Waals surface area (Å²) in [6.45, 7) is 0. The van der Waals surface area contributed by atoms with Gasteiger partial charge in [0.05, 0.1) is 26.2 Å². The van der Waals surface area contributed by atoms with Crippen molar-refractivity contribution in [1.29, 1.82) is 0 Å². The maximum atomic E-state index is 12.0. The van der Waals surface area contributed by atoms with Crippen molar-refractivity contribution in [1.82, 2.24) is 0 Å². The summed E-state index contributed by atoms with van der Waals surface area (Å²) in [5.41, 5.74) is 2.29. The van der Waals surface area contributed by atoms with E-state index >= 15 is 0 Å². The van der Waals surface area contributed by atoms with E-state index in [1.54, 1.807) is 0 Å². The monoisotopic (exact) mass is 574 g/mol. The first-order valence-corrected chi connectivity index (χ1v) is 13.9. The Bertz CT molecular complexity index is 1690. The molecule has 1 aliphatic rings. The molecule has 0 amide bonds. The Kier molecular flexibility index (Phi) is 7.30. The number of carboxylic acid groups (broad SMARTS) is 1. The second-order valence-electron chi connectivity index (χ2n) is 7.85. The quantitative estimate of drug-likeness (QED) is 0.0680. The first-order valence-electron chi connectivity index (χ1n) is 10.4. The van der Waals surface area contributed by atoms with Crippen LogP contribution in [0.2, 0.25) is 0 Å². The maximum absolute atomic E-state index is 12.0. The molecular weight excluding hydrogens is 560 g/mol. The molecule has 194 valence electrons. The zero-order valence-electron chi connectivity index (χ0n) is 18.7. The first-order chi connectivity index (χ1) is 17.8. The molecule has 1 atom stereocenters. The number of hydrogen-bond acceptors (Lipinski definition) is 9. The van der Waals surface area contributed by atoms with Crippen molar-refractivity contribution in [3.8, 4) is 21.6 Å². The van der Waals surface area contributed by atoms with Crippen molar-refractivity contribution < 1.29 is 37.3 Å². The van der Waals surface area contributed by atoms with Crippen LogP contribution in [0.15, 0.2) is 66.7 Å². The summed E-state index contributed by atoms with van der Waals surface area (Å²) in [7, 11) is -1.92. The number of fused-ring (bicyclic) bond motifs is 3. The third-order valence-electron chi connectivity index (χ3n) is 5.58. The minimum atomic E-state index is -4.92. The fourth-order valence-electron chi connectivity index (χ4n) is 4.19. The van der Waals surface area contributed by atoms with Crippen LogP contribution in [0.5, 0.6) is 0 Å². The van der Waals surface area contributed by atoms with Gasteiger partial charge in [-0.15, -0.1) is 0 Å². The molecule has 38 heavy (non-hydrogen) atoms. The molecule has 0 radical (unpaired) electrons. The molecule has 0 fully saturated rings. The standard InChI is InChI=1S/C23H12N2O6S2.H2O4S/c26-23(27)18-10-14(25(30)31)9-17-21(18)15-7-6-13(24(28)29)8-16(15)22(17)20-11-19(32-33-20)12-4-2-1-3-5-12;1-5(2,3)4/h1-11,22H;(H2,1,2,3,4). The van der Waals surface area contributed by atoms with Crippen LogP contribution in [0.1, 0.15) is 32.3 Å². The van der Waals surface area contributed by atoms with E-state index in [-0.39, 0.29) is 16.9 Å². The van der Waals surface area contributed by atoms with Crippen LogP contribution in [0.25, 0.3) is 21.6 Å². The van der Waals surface area contributed by atoms with Crippen molar-refractivity contribution in [2.24, 2.45) is 0 Å². The lowest BCUT2D eigenvalue weighted by Gasteiger charge is -2.10. The Labute approximate surface area is 221 Å². The van der Waals surface area contributed by atoms with E-state index in [2.05, 4.69) is 0 Å². The Morgan fingerprint density at radius 2 is 1.53 bits per heavy atom. The average molecular weight is 575 g/mol. The number of hydrogen-bond donors (Lipinski definition) is 2. The summed E-state index contributed by atoms with van der Waals surface area (Å²) in [5.74, 6) is -1.84. The average Bonchev–Trinajstić information content (AvgIpc) is 3.45. The van der Waals surface area contributed by atoms with E-state index in [0.29, 0.717) is 22.3 Å². The summed E-state index contributed by atoms with van der Waals surface area (Å²) < 4.78 is 32.8. The van der Waals surface area contributed by atoms with E-state index in [4.69, 9.17) is 17.5 Å². The van der Waals surface area contributed by atoms with Gasteiger partial charge in [0.2, 0.25) is 10.4 Å². The van der Waals surface area contributed by atoms with Gasteiger partial charge in [-0.05, 0) is 34.9 Å². The number of aromatic carboxylic acids is 1. The Morgan fingerprint density at radius 1 is 0.921 bits per heavy atom. The van der Waals surface area contributed by atoms with Gasteiger partial charge in [-0.1, -0.05) is 18.2 Å². The highest BCUT2D eigenvalue weighted by molar-refractivity contribution is 7.79. The second-order valence-corrected chi connectivity index (χ2v) is 11.0. The fourth-order valence-corrected chi connectivity index (χ4v) is 6.80. The molecule has 3 aromatic carbocycles. The van der Waals surface area contributed by atoms with Crippen LogP contribution in [-0.2, 0) is 10.4 Å². The maximum Gasteiger partial charge on any atom is 0.336 e.